The van der Waals surface area contributed by atoms with Gasteiger partial charge in [-0.15, -0.1) is 6.58 Å². The molecule has 0 aromatic heterocycles. The monoisotopic (exact) mass is 349 g/mol. The van der Waals surface area contributed by atoms with Gasteiger partial charge in [-0.25, -0.2) is 4.79 Å². The second-order valence-corrected chi connectivity index (χ2v) is 8.67. The number of esters is 1. The van der Waals surface area contributed by atoms with Crippen LogP contribution in [0.1, 0.15) is 60.3 Å². The van der Waals surface area contributed by atoms with Crippen LogP contribution in [-0.4, -0.2) is 41.3 Å². The average molecular weight is 349 g/mol. The molecule has 5 heteroatoms. The molecule has 25 heavy (non-hydrogen) atoms. The molecule has 1 amide bonds. The van der Waals surface area contributed by atoms with Gasteiger partial charge in [0.25, 0.3) is 11.5 Å². The minimum atomic E-state index is -1.51. The van der Waals surface area contributed by atoms with Gasteiger partial charge in [0.05, 0.1) is 6.61 Å². The number of piperidine rings is 1. The molecule has 2 saturated heterocycles. The molecular weight excluding hydrogens is 318 g/mol. The minimum absolute atomic E-state index is 0.142. The summed E-state index contributed by atoms with van der Waals surface area (Å²) in [7, 11) is 0. The number of amides is 1. The van der Waals surface area contributed by atoms with E-state index in [9.17, 15) is 9.59 Å². The first-order chi connectivity index (χ1) is 11.6. The van der Waals surface area contributed by atoms with Gasteiger partial charge in [0.2, 0.25) is 0 Å². The number of carbonyl (C=O) groups excluding carboxylic acids is 2. The number of fused-ring (bicyclic) bond motifs is 1. The second-order valence-electron chi connectivity index (χ2n) is 8.67. The predicted molar refractivity (Wildman–Crippen MR) is 94.6 cm³/mol. The Morgan fingerprint density at radius 2 is 2.08 bits per heavy atom. The first-order valence-electron chi connectivity index (χ1n) is 9.47. The van der Waals surface area contributed by atoms with Gasteiger partial charge in [-0.05, 0) is 39.0 Å². The lowest BCUT2D eigenvalue weighted by Gasteiger charge is -2.52. The summed E-state index contributed by atoms with van der Waals surface area (Å²) in [5, 5.41) is 0. The molecule has 3 aliphatic rings. The molecule has 5 nitrogen and oxygen atoms in total. The first kappa shape index (κ1) is 18.4. The van der Waals surface area contributed by atoms with Crippen LogP contribution in [0.2, 0.25) is 0 Å². The van der Waals surface area contributed by atoms with E-state index in [1.807, 2.05) is 25.7 Å². The van der Waals surface area contributed by atoms with Crippen molar-refractivity contribution in [1.82, 2.24) is 4.90 Å². The third-order valence-electron chi connectivity index (χ3n) is 6.57. The average Bonchev–Trinajstić information content (AvgIpc) is 2.87. The van der Waals surface area contributed by atoms with E-state index in [1.165, 1.54) is 0 Å². The smallest absolute Gasteiger partial charge is 0.349 e. The molecule has 4 atom stereocenters. The van der Waals surface area contributed by atoms with Crippen LogP contribution in [-0.2, 0) is 19.1 Å². The highest BCUT2D eigenvalue weighted by atomic mass is 16.6. The van der Waals surface area contributed by atoms with Crippen LogP contribution in [0.25, 0.3) is 0 Å². The van der Waals surface area contributed by atoms with Crippen molar-refractivity contribution in [3.8, 4) is 0 Å². The van der Waals surface area contributed by atoms with Crippen LogP contribution < -0.4 is 0 Å². The normalized spacial score (nSPS) is 38.6. The van der Waals surface area contributed by atoms with Crippen molar-refractivity contribution in [1.29, 1.82) is 0 Å². The van der Waals surface area contributed by atoms with E-state index in [0.29, 0.717) is 12.5 Å². The van der Waals surface area contributed by atoms with E-state index in [2.05, 4.69) is 13.5 Å². The van der Waals surface area contributed by atoms with Crippen molar-refractivity contribution in [3.05, 3.63) is 12.2 Å². The van der Waals surface area contributed by atoms with E-state index in [0.717, 1.165) is 31.3 Å². The van der Waals surface area contributed by atoms with Gasteiger partial charge in [-0.2, -0.15) is 0 Å². The number of nitrogens with zero attached hydrogens (tertiary/aromatic N) is 1. The first-order valence-corrected chi connectivity index (χ1v) is 9.47. The summed E-state index contributed by atoms with van der Waals surface area (Å²) in [5.41, 5.74) is -1.74. The molecule has 2 heterocycles. The largest absolute Gasteiger partial charge is 0.463 e. The number of carbonyl (C=O) groups is 2. The van der Waals surface area contributed by atoms with Crippen molar-refractivity contribution in [2.24, 2.45) is 17.3 Å². The number of ether oxygens (including phenoxy) is 2. The molecule has 2 bridgehead atoms. The Labute approximate surface area is 150 Å². The molecule has 3 fully saturated rings. The molecule has 4 unspecified atom stereocenters. The zero-order valence-electron chi connectivity index (χ0n) is 16.2. The van der Waals surface area contributed by atoms with Gasteiger partial charge < -0.3 is 14.4 Å². The highest BCUT2D eigenvalue weighted by Crippen LogP contribution is 2.67. The minimum Gasteiger partial charge on any atom is -0.463 e. The number of likely N-dealkylation sites (tertiary alicyclic amines) is 1. The summed E-state index contributed by atoms with van der Waals surface area (Å²) < 4.78 is 11.8. The van der Waals surface area contributed by atoms with Gasteiger partial charge in [-0.1, -0.05) is 32.8 Å². The summed E-state index contributed by atoms with van der Waals surface area (Å²) in [6.45, 7) is 14.7. The molecule has 3 rings (SSSR count). The van der Waals surface area contributed by atoms with Crippen molar-refractivity contribution >= 4 is 11.9 Å². The highest BCUT2D eigenvalue weighted by Gasteiger charge is 2.82. The summed E-state index contributed by atoms with van der Waals surface area (Å²) in [5.74, 6) is -0.140. The fraction of sp³-hybridized carbons (Fsp3) is 0.800. The Morgan fingerprint density at radius 1 is 1.40 bits per heavy atom. The van der Waals surface area contributed by atoms with Gasteiger partial charge in [0.1, 0.15) is 5.72 Å². The molecule has 1 saturated carbocycles. The molecule has 0 radical (unpaired) electrons. The van der Waals surface area contributed by atoms with Crippen molar-refractivity contribution < 1.29 is 19.1 Å². The molecular formula is C20H31NO4. The molecule has 1 aliphatic carbocycles. The fourth-order valence-corrected chi connectivity index (χ4v) is 5.35. The van der Waals surface area contributed by atoms with Gasteiger partial charge in [-0.3, -0.25) is 4.79 Å². The Kier molecular flexibility index (Phi) is 4.30. The highest BCUT2D eigenvalue weighted by molar-refractivity contribution is 6.10. The van der Waals surface area contributed by atoms with E-state index < -0.39 is 22.7 Å². The van der Waals surface area contributed by atoms with E-state index >= 15 is 0 Å². The third-order valence-corrected chi connectivity index (χ3v) is 6.57. The predicted octanol–water partition coefficient (Wildman–Crippen LogP) is 3.29. The lowest BCUT2D eigenvalue weighted by Crippen LogP contribution is -2.66. The molecule has 0 aromatic rings. The number of hydrogen-bond donors (Lipinski definition) is 0. The summed E-state index contributed by atoms with van der Waals surface area (Å²) in [6, 6.07) is 0. The Bertz CT molecular complexity index is 613. The number of rotatable bonds is 5. The number of hydrogen-bond acceptors (Lipinski definition) is 4. The topological polar surface area (TPSA) is 55.8 Å². The summed E-state index contributed by atoms with van der Waals surface area (Å²) >= 11 is 0. The lowest BCUT2D eigenvalue weighted by molar-refractivity contribution is -0.180. The maximum Gasteiger partial charge on any atom is 0.349 e. The molecule has 1 spiro atoms. The fourth-order valence-electron chi connectivity index (χ4n) is 5.35. The Balaban J connectivity index is 2.09. The second kappa shape index (κ2) is 5.83. The molecule has 140 valence electrons. The maximum atomic E-state index is 13.5. The van der Waals surface area contributed by atoms with Crippen LogP contribution >= 0.6 is 0 Å². The molecule has 0 aromatic carbocycles. The SMILES string of the molecule is C=C(C)CCN1C(=O)C2(C(=O)OCC)OC13CC(C)CCC3C2(C)C. The zero-order chi connectivity index (χ0) is 18.6. The lowest BCUT2D eigenvalue weighted by atomic mass is 9.58. The molecule has 0 N–H and O–H groups in total. The third kappa shape index (κ3) is 2.24. The van der Waals surface area contributed by atoms with Crippen LogP contribution in [0, 0.1) is 17.3 Å². The van der Waals surface area contributed by atoms with Crippen LogP contribution in [0.3, 0.4) is 0 Å². The van der Waals surface area contributed by atoms with Crippen molar-refractivity contribution in [2.75, 3.05) is 13.2 Å². The van der Waals surface area contributed by atoms with E-state index in [1.54, 1.807) is 6.92 Å². The van der Waals surface area contributed by atoms with E-state index in [4.69, 9.17) is 9.47 Å². The van der Waals surface area contributed by atoms with Crippen molar-refractivity contribution in [3.63, 3.8) is 0 Å². The van der Waals surface area contributed by atoms with E-state index in [-0.39, 0.29) is 18.4 Å². The van der Waals surface area contributed by atoms with Gasteiger partial charge >= 0.3 is 5.97 Å². The molecule has 2 aliphatic heterocycles. The van der Waals surface area contributed by atoms with Gasteiger partial charge in [0.15, 0.2) is 0 Å². The van der Waals surface area contributed by atoms with Gasteiger partial charge in [0, 0.05) is 17.9 Å². The summed E-state index contributed by atoms with van der Waals surface area (Å²) in [4.78, 5) is 28.2. The van der Waals surface area contributed by atoms with Crippen LogP contribution in [0.5, 0.6) is 0 Å². The Hall–Kier alpha value is -1.36. The van der Waals surface area contributed by atoms with Crippen LogP contribution in [0.15, 0.2) is 12.2 Å². The standard InChI is InChI=1S/C20H31NO4/c1-7-24-17(23)20-16(22)21(11-10-13(2)3)19(25-20)12-14(4)8-9-15(19)18(20,5)6/h14-15H,2,7-12H2,1,3-6H3. The van der Waals surface area contributed by atoms with Crippen molar-refractivity contribution in [2.45, 2.75) is 71.6 Å². The summed E-state index contributed by atoms with van der Waals surface area (Å²) in [6.07, 6.45) is 3.56. The quantitative estimate of drug-likeness (QED) is 0.434. The maximum absolute atomic E-state index is 13.5. The zero-order valence-corrected chi connectivity index (χ0v) is 16.2. The van der Waals surface area contributed by atoms with Crippen LogP contribution in [0.4, 0.5) is 0 Å². The Morgan fingerprint density at radius 3 is 2.68 bits per heavy atom.